The van der Waals surface area contributed by atoms with Crippen molar-refractivity contribution in [2.45, 2.75) is 38.5 Å². The molecule has 1 atom stereocenters. The van der Waals surface area contributed by atoms with Crippen molar-refractivity contribution in [3.8, 4) is 0 Å². The maximum Gasteiger partial charge on any atom is 0.220 e. The summed E-state index contributed by atoms with van der Waals surface area (Å²) < 4.78 is 0. The van der Waals surface area contributed by atoms with Crippen LogP contribution in [0.25, 0.3) is 0 Å². The first-order chi connectivity index (χ1) is 10.1. The largest absolute Gasteiger partial charge is 0.356 e. The molecule has 116 valence electrons. The lowest BCUT2D eigenvalue weighted by Gasteiger charge is -2.17. The lowest BCUT2D eigenvalue weighted by Crippen LogP contribution is -2.28. The number of benzene rings is 1. The molecule has 0 saturated heterocycles. The number of hydrogen-bond acceptors (Lipinski definition) is 2. The normalized spacial score (nSPS) is 16.0. The topological polar surface area (TPSA) is 32.3 Å². The average molecular weight is 288 g/mol. The van der Waals surface area contributed by atoms with Crippen LogP contribution < -0.4 is 5.32 Å². The zero-order chi connectivity index (χ0) is 15.2. The Morgan fingerprint density at radius 2 is 1.95 bits per heavy atom. The highest BCUT2D eigenvalue weighted by Crippen LogP contribution is 2.44. The van der Waals surface area contributed by atoms with Crippen LogP contribution in [0.3, 0.4) is 0 Å². The third-order valence-corrected chi connectivity index (χ3v) is 4.21. The first kappa shape index (κ1) is 16.0. The van der Waals surface area contributed by atoms with E-state index in [0.29, 0.717) is 18.3 Å². The van der Waals surface area contributed by atoms with Crippen LogP contribution in [0.1, 0.15) is 42.7 Å². The summed E-state index contributed by atoms with van der Waals surface area (Å²) >= 11 is 0. The molecule has 0 aromatic heterocycles. The summed E-state index contributed by atoms with van der Waals surface area (Å²) in [7, 11) is 4.12. The van der Waals surface area contributed by atoms with Gasteiger partial charge < -0.3 is 10.2 Å². The summed E-state index contributed by atoms with van der Waals surface area (Å²) in [4.78, 5) is 14.3. The Kier molecular flexibility index (Phi) is 5.80. The van der Waals surface area contributed by atoms with Gasteiger partial charge in [0.15, 0.2) is 0 Å². The quantitative estimate of drug-likeness (QED) is 0.746. The van der Waals surface area contributed by atoms with E-state index in [2.05, 4.69) is 55.5 Å². The number of carbonyl (C=O) groups is 1. The second-order valence-corrected chi connectivity index (χ2v) is 6.57. The van der Waals surface area contributed by atoms with E-state index in [1.165, 1.54) is 24.0 Å². The van der Waals surface area contributed by atoms with Crippen molar-refractivity contribution in [3.63, 3.8) is 0 Å². The molecular weight excluding hydrogens is 260 g/mol. The minimum absolute atomic E-state index is 0.200. The van der Waals surface area contributed by atoms with Gasteiger partial charge in [0.25, 0.3) is 0 Å². The number of carbonyl (C=O) groups excluding carboxylic acids is 1. The van der Waals surface area contributed by atoms with Crippen molar-refractivity contribution in [1.29, 1.82) is 0 Å². The van der Waals surface area contributed by atoms with E-state index in [1.54, 1.807) is 0 Å². The second-order valence-electron chi connectivity index (χ2n) is 6.57. The van der Waals surface area contributed by atoms with E-state index in [1.807, 2.05) is 0 Å². The summed E-state index contributed by atoms with van der Waals surface area (Å²) in [5.74, 6) is 1.31. The predicted molar refractivity (Wildman–Crippen MR) is 87.4 cm³/mol. The molecule has 0 radical (unpaired) electrons. The van der Waals surface area contributed by atoms with Crippen molar-refractivity contribution in [1.82, 2.24) is 10.2 Å². The van der Waals surface area contributed by atoms with Crippen LogP contribution >= 0.6 is 0 Å². The van der Waals surface area contributed by atoms with E-state index in [0.717, 1.165) is 19.5 Å². The van der Waals surface area contributed by atoms with Crippen LogP contribution in [0.4, 0.5) is 0 Å². The molecule has 1 aliphatic carbocycles. The van der Waals surface area contributed by atoms with Gasteiger partial charge in [0.05, 0.1) is 0 Å². The highest BCUT2D eigenvalue weighted by Gasteiger charge is 2.33. The minimum Gasteiger partial charge on any atom is -0.356 e. The van der Waals surface area contributed by atoms with Crippen LogP contribution in [0.2, 0.25) is 0 Å². The van der Waals surface area contributed by atoms with Crippen molar-refractivity contribution < 1.29 is 4.79 Å². The first-order valence-corrected chi connectivity index (χ1v) is 8.04. The highest BCUT2D eigenvalue weighted by atomic mass is 16.1. The molecule has 0 heterocycles. The fraction of sp³-hybridized carbons (Fsp3) is 0.611. The van der Waals surface area contributed by atoms with Crippen molar-refractivity contribution in [2.24, 2.45) is 5.92 Å². The lowest BCUT2D eigenvalue weighted by molar-refractivity contribution is -0.121. The maximum absolute atomic E-state index is 12.1. The Morgan fingerprint density at radius 1 is 1.29 bits per heavy atom. The minimum atomic E-state index is 0.200. The van der Waals surface area contributed by atoms with Crippen LogP contribution in [-0.2, 0) is 4.79 Å². The molecule has 1 fully saturated rings. The molecule has 1 aromatic rings. The van der Waals surface area contributed by atoms with E-state index in [-0.39, 0.29) is 5.91 Å². The molecule has 3 heteroatoms. The van der Waals surface area contributed by atoms with Crippen LogP contribution in [0.5, 0.6) is 0 Å². The van der Waals surface area contributed by atoms with Gasteiger partial charge in [-0.25, -0.2) is 0 Å². The van der Waals surface area contributed by atoms with Crippen LogP contribution in [0.15, 0.2) is 24.3 Å². The van der Waals surface area contributed by atoms with Gasteiger partial charge in [0.1, 0.15) is 0 Å². The van der Waals surface area contributed by atoms with Crippen molar-refractivity contribution in [3.05, 3.63) is 35.4 Å². The van der Waals surface area contributed by atoms with Crippen molar-refractivity contribution in [2.75, 3.05) is 27.2 Å². The molecule has 1 amide bonds. The molecule has 1 N–H and O–H groups in total. The number of hydrogen-bond donors (Lipinski definition) is 1. The van der Waals surface area contributed by atoms with Crippen LogP contribution in [0, 0.1) is 12.8 Å². The van der Waals surface area contributed by atoms with E-state index in [4.69, 9.17) is 0 Å². The number of rotatable bonds is 8. The molecule has 1 aliphatic rings. The van der Waals surface area contributed by atoms with Gasteiger partial charge in [-0.3, -0.25) is 4.79 Å². The molecule has 1 saturated carbocycles. The number of nitrogens with zero attached hydrogens (tertiary/aromatic N) is 1. The van der Waals surface area contributed by atoms with Gasteiger partial charge in [-0.1, -0.05) is 29.8 Å². The zero-order valence-electron chi connectivity index (χ0n) is 13.6. The third-order valence-electron chi connectivity index (χ3n) is 4.21. The van der Waals surface area contributed by atoms with Gasteiger partial charge in [0.2, 0.25) is 5.91 Å². The third kappa shape index (κ3) is 5.50. The monoisotopic (exact) mass is 288 g/mol. The number of aryl methyl sites for hydroxylation is 1. The zero-order valence-corrected chi connectivity index (χ0v) is 13.6. The summed E-state index contributed by atoms with van der Waals surface area (Å²) in [5, 5.41) is 3.07. The molecule has 0 aliphatic heterocycles. The molecule has 21 heavy (non-hydrogen) atoms. The van der Waals surface area contributed by atoms with E-state index in [9.17, 15) is 4.79 Å². The number of amides is 1. The highest BCUT2D eigenvalue weighted by molar-refractivity contribution is 5.77. The summed E-state index contributed by atoms with van der Waals surface area (Å²) in [6.07, 6.45) is 4.19. The summed E-state index contributed by atoms with van der Waals surface area (Å²) in [6.45, 7) is 3.90. The molecule has 1 unspecified atom stereocenters. The smallest absolute Gasteiger partial charge is 0.220 e. The van der Waals surface area contributed by atoms with Gasteiger partial charge in [-0.2, -0.15) is 0 Å². The fourth-order valence-corrected chi connectivity index (χ4v) is 2.76. The Bertz CT molecular complexity index is 449. The molecular formula is C18H28N2O. The van der Waals surface area contributed by atoms with Crippen molar-refractivity contribution >= 4 is 5.91 Å². The summed E-state index contributed by atoms with van der Waals surface area (Å²) in [6, 6.07) is 8.69. The molecule has 0 bridgehead atoms. The Morgan fingerprint density at radius 3 is 2.52 bits per heavy atom. The SMILES string of the molecule is Cc1ccc(C(CC(=O)NCCCN(C)C)C2CC2)cc1. The van der Waals surface area contributed by atoms with Gasteiger partial charge in [-0.05, 0) is 64.2 Å². The average Bonchev–Trinajstić information content (AvgIpc) is 3.26. The summed E-state index contributed by atoms with van der Waals surface area (Å²) in [5.41, 5.74) is 2.60. The fourth-order valence-electron chi connectivity index (χ4n) is 2.76. The van der Waals surface area contributed by atoms with Gasteiger partial charge in [0, 0.05) is 13.0 Å². The molecule has 3 nitrogen and oxygen atoms in total. The second kappa shape index (κ2) is 7.60. The molecule has 2 rings (SSSR count). The van der Waals surface area contributed by atoms with E-state index < -0.39 is 0 Å². The van der Waals surface area contributed by atoms with Crippen LogP contribution in [-0.4, -0.2) is 38.0 Å². The van der Waals surface area contributed by atoms with E-state index >= 15 is 0 Å². The molecule has 0 spiro atoms. The number of nitrogens with one attached hydrogen (secondary N) is 1. The predicted octanol–water partition coefficient (Wildman–Crippen LogP) is 2.95. The van der Waals surface area contributed by atoms with Gasteiger partial charge in [-0.15, -0.1) is 0 Å². The first-order valence-electron chi connectivity index (χ1n) is 8.04. The standard InChI is InChI=1S/C18H28N2O/c1-14-5-7-15(8-6-14)17(16-9-10-16)13-18(21)19-11-4-12-20(2)3/h5-8,16-17H,4,9-13H2,1-3H3,(H,19,21). The Labute approximate surface area is 128 Å². The Balaban J connectivity index is 1.82. The lowest BCUT2D eigenvalue weighted by atomic mass is 9.90. The maximum atomic E-state index is 12.1. The molecule has 1 aromatic carbocycles. The Hall–Kier alpha value is -1.35. The van der Waals surface area contributed by atoms with Gasteiger partial charge >= 0.3 is 0 Å².